The maximum Gasteiger partial charge on any atom is 0.308 e. The number of carbonyl (C=O) groups excluding carboxylic acids is 1. The van der Waals surface area contributed by atoms with Gasteiger partial charge in [0, 0.05) is 24.7 Å². The van der Waals surface area contributed by atoms with E-state index in [4.69, 9.17) is 0 Å². The number of hydrogen-bond donors (Lipinski definition) is 2. The molecule has 6 nitrogen and oxygen atoms in total. The number of aliphatic carboxylic acids is 1. The molecular formula is C18H29N3O3. The van der Waals surface area contributed by atoms with Crippen molar-refractivity contribution in [2.24, 2.45) is 11.8 Å². The first kappa shape index (κ1) is 18.5. The molecule has 0 aromatic carbocycles. The summed E-state index contributed by atoms with van der Waals surface area (Å²) in [5.74, 6) is -0.788. The first-order chi connectivity index (χ1) is 11.3. The lowest BCUT2D eigenvalue weighted by atomic mass is 10.0. The van der Waals surface area contributed by atoms with Crippen molar-refractivity contribution in [1.29, 1.82) is 0 Å². The lowest BCUT2D eigenvalue weighted by Gasteiger charge is -2.17. The van der Waals surface area contributed by atoms with Gasteiger partial charge in [0.25, 0.3) is 0 Å². The van der Waals surface area contributed by atoms with Crippen molar-refractivity contribution < 1.29 is 14.7 Å². The van der Waals surface area contributed by atoms with E-state index in [1.54, 1.807) is 0 Å². The predicted molar refractivity (Wildman–Crippen MR) is 91.8 cm³/mol. The Morgan fingerprint density at radius 3 is 2.67 bits per heavy atom. The smallest absolute Gasteiger partial charge is 0.308 e. The summed E-state index contributed by atoms with van der Waals surface area (Å²) in [5.41, 5.74) is 3.23. The molecule has 6 heteroatoms. The second kappa shape index (κ2) is 7.81. The SMILES string of the molecule is Cc1nn(CC(C)C)c(C)c1CCC(=O)N[C@@H]1CCC[C@@H]1C(=O)O. The van der Waals surface area contributed by atoms with Crippen molar-refractivity contribution in [1.82, 2.24) is 15.1 Å². The monoisotopic (exact) mass is 335 g/mol. The van der Waals surface area contributed by atoms with Gasteiger partial charge < -0.3 is 10.4 Å². The number of hydrogen-bond acceptors (Lipinski definition) is 3. The maximum absolute atomic E-state index is 12.2. The molecule has 0 saturated heterocycles. The average Bonchev–Trinajstić information content (AvgIpc) is 3.03. The number of carbonyl (C=O) groups is 2. The molecule has 0 spiro atoms. The molecule has 24 heavy (non-hydrogen) atoms. The first-order valence-electron chi connectivity index (χ1n) is 8.84. The largest absolute Gasteiger partial charge is 0.481 e. The molecule has 1 amide bonds. The predicted octanol–water partition coefficient (Wildman–Crippen LogP) is 2.46. The van der Waals surface area contributed by atoms with Crippen LogP contribution in [0.4, 0.5) is 0 Å². The van der Waals surface area contributed by atoms with Crippen LogP contribution in [-0.4, -0.2) is 32.8 Å². The topological polar surface area (TPSA) is 84.2 Å². The third-order valence-corrected chi connectivity index (χ3v) is 4.85. The highest BCUT2D eigenvalue weighted by atomic mass is 16.4. The summed E-state index contributed by atoms with van der Waals surface area (Å²) < 4.78 is 2.02. The summed E-state index contributed by atoms with van der Waals surface area (Å²) in [7, 11) is 0. The number of aromatic nitrogens is 2. The summed E-state index contributed by atoms with van der Waals surface area (Å²) in [6.45, 7) is 9.22. The average molecular weight is 335 g/mol. The van der Waals surface area contributed by atoms with Crippen molar-refractivity contribution in [3.8, 4) is 0 Å². The summed E-state index contributed by atoms with van der Waals surface area (Å²) in [6.07, 6.45) is 3.29. The number of nitrogens with zero attached hydrogens (tertiary/aromatic N) is 2. The fourth-order valence-electron chi connectivity index (χ4n) is 3.57. The molecule has 2 rings (SSSR count). The van der Waals surface area contributed by atoms with E-state index >= 15 is 0 Å². The maximum atomic E-state index is 12.2. The summed E-state index contributed by atoms with van der Waals surface area (Å²) in [4.78, 5) is 23.4. The standard InChI is InChI=1S/C18H29N3O3/c1-11(2)10-21-13(4)14(12(3)20-21)8-9-17(22)19-16-7-5-6-15(16)18(23)24/h11,15-16H,5-10H2,1-4H3,(H,19,22)(H,23,24)/t15-,16+/m0/s1. The molecule has 1 saturated carbocycles. The van der Waals surface area contributed by atoms with Crippen LogP contribution >= 0.6 is 0 Å². The van der Waals surface area contributed by atoms with Gasteiger partial charge in [-0.15, -0.1) is 0 Å². The van der Waals surface area contributed by atoms with Gasteiger partial charge in [-0.3, -0.25) is 14.3 Å². The number of aryl methyl sites for hydroxylation is 1. The Hall–Kier alpha value is -1.85. The lowest BCUT2D eigenvalue weighted by Crippen LogP contribution is -2.40. The Bertz CT molecular complexity index is 607. The highest BCUT2D eigenvalue weighted by molar-refractivity contribution is 5.78. The Morgan fingerprint density at radius 2 is 2.04 bits per heavy atom. The molecule has 1 aromatic rings. The van der Waals surface area contributed by atoms with Crippen LogP contribution in [0.1, 0.15) is 56.5 Å². The highest BCUT2D eigenvalue weighted by Gasteiger charge is 2.33. The lowest BCUT2D eigenvalue weighted by molar-refractivity contribution is -0.142. The number of carboxylic acid groups (broad SMARTS) is 1. The summed E-state index contributed by atoms with van der Waals surface area (Å²) in [6, 6.07) is -0.221. The van der Waals surface area contributed by atoms with Gasteiger partial charge in [0.2, 0.25) is 5.91 Å². The molecule has 1 aliphatic carbocycles. The van der Waals surface area contributed by atoms with E-state index < -0.39 is 11.9 Å². The molecule has 1 aliphatic rings. The quantitative estimate of drug-likeness (QED) is 0.801. The molecular weight excluding hydrogens is 306 g/mol. The molecule has 1 heterocycles. The van der Waals surface area contributed by atoms with E-state index in [2.05, 4.69) is 24.3 Å². The van der Waals surface area contributed by atoms with Gasteiger partial charge in [0.05, 0.1) is 11.6 Å². The van der Waals surface area contributed by atoms with Gasteiger partial charge >= 0.3 is 5.97 Å². The fraction of sp³-hybridized carbons (Fsp3) is 0.722. The molecule has 0 unspecified atom stereocenters. The zero-order valence-corrected chi connectivity index (χ0v) is 15.1. The van der Waals surface area contributed by atoms with Gasteiger partial charge in [-0.25, -0.2) is 0 Å². The normalized spacial score (nSPS) is 20.5. The van der Waals surface area contributed by atoms with E-state index in [0.29, 0.717) is 25.2 Å². The van der Waals surface area contributed by atoms with Gasteiger partial charge in [0.1, 0.15) is 0 Å². The van der Waals surface area contributed by atoms with Crippen LogP contribution in [-0.2, 0) is 22.6 Å². The summed E-state index contributed by atoms with van der Waals surface area (Å²) >= 11 is 0. The van der Waals surface area contributed by atoms with Crippen molar-refractivity contribution in [3.63, 3.8) is 0 Å². The molecule has 1 fully saturated rings. The van der Waals surface area contributed by atoms with Crippen LogP contribution in [0.25, 0.3) is 0 Å². The van der Waals surface area contributed by atoms with E-state index in [9.17, 15) is 14.7 Å². The van der Waals surface area contributed by atoms with Crippen LogP contribution in [0.2, 0.25) is 0 Å². The number of amides is 1. The van der Waals surface area contributed by atoms with Crippen LogP contribution in [0.3, 0.4) is 0 Å². The van der Waals surface area contributed by atoms with Gasteiger partial charge in [-0.1, -0.05) is 20.3 Å². The molecule has 0 aliphatic heterocycles. The minimum absolute atomic E-state index is 0.0661. The van der Waals surface area contributed by atoms with E-state index in [1.165, 1.54) is 0 Å². The zero-order chi connectivity index (χ0) is 17.9. The Morgan fingerprint density at radius 1 is 1.33 bits per heavy atom. The zero-order valence-electron chi connectivity index (χ0n) is 15.1. The Labute approximate surface area is 143 Å². The number of rotatable bonds is 7. The van der Waals surface area contributed by atoms with Crippen molar-refractivity contribution in [3.05, 3.63) is 17.0 Å². The van der Waals surface area contributed by atoms with Crippen LogP contribution in [0, 0.1) is 25.7 Å². The van der Waals surface area contributed by atoms with Gasteiger partial charge in [-0.2, -0.15) is 5.10 Å². The molecule has 0 bridgehead atoms. The second-order valence-electron chi connectivity index (χ2n) is 7.27. The molecule has 2 N–H and O–H groups in total. The van der Waals surface area contributed by atoms with Crippen molar-refractivity contribution in [2.45, 2.75) is 72.4 Å². The minimum atomic E-state index is -0.806. The van der Waals surface area contributed by atoms with Crippen LogP contribution in [0.15, 0.2) is 0 Å². The van der Waals surface area contributed by atoms with Crippen molar-refractivity contribution in [2.75, 3.05) is 0 Å². The van der Waals surface area contributed by atoms with Crippen LogP contribution < -0.4 is 5.32 Å². The molecule has 1 aromatic heterocycles. The van der Waals surface area contributed by atoms with Gasteiger partial charge in [0.15, 0.2) is 0 Å². The van der Waals surface area contributed by atoms with Crippen LogP contribution in [0.5, 0.6) is 0 Å². The van der Waals surface area contributed by atoms with E-state index in [1.807, 2.05) is 18.5 Å². The summed E-state index contributed by atoms with van der Waals surface area (Å²) in [5, 5.41) is 16.7. The Balaban J connectivity index is 1.92. The third-order valence-electron chi connectivity index (χ3n) is 4.85. The van der Waals surface area contributed by atoms with Gasteiger partial charge in [-0.05, 0) is 44.6 Å². The second-order valence-corrected chi connectivity index (χ2v) is 7.27. The first-order valence-corrected chi connectivity index (χ1v) is 8.84. The highest BCUT2D eigenvalue weighted by Crippen LogP contribution is 2.26. The molecule has 0 radical (unpaired) electrons. The van der Waals surface area contributed by atoms with Crippen molar-refractivity contribution >= 4 is 11.9 Å². The van der Waals surface area contributed by atoms with E-state index in [-0.39, 0.29) is 11.9 Å². The molecule has 134 valence electrons. The minimum Gasteiger partial charge on any atom is -0.481 e. The Kier molecular flexibility index (Phi) is 6.02. The fourth-order valence-corrected chi connectivity index (χ4v) is 3.57. The van der Waals surface area contributed by atoms with E-state index in [0.717, 1.165) is 36.3 Å². The molecule has 2 atom stereocenters. The number of nitrogens with one attached hydrogen (secondary N) is 1. The third kappa shape index (κ3) is 4.36. The number of carboxylic acids is 1.